The number of carbonyl (C=O) groups is 2. The standard InChI is InChI=1S/C23H27NO4/c1-17(22(25)24-19-11-4-2-5-12-19)28-23(26)21-15-9-8-10-18(21)16-27-20-13-6-3-7-14-20/h3,6-10,13-15,17,19H,2,4-5,11-12,16H2,1H3,(H,24,25). The topological polar surface area (TPSA) is 64.6 Å². The molecule has 0 spiro atoms. The molecule has 1 unspecified atom stereocenters. The predicted molar refractivity (Wildman–Crippen MR) is 107 cm³/mol. The lowest BCUT2D eigenvalue weighted by molar-refractivity contribution is -0.130. The fourth-order valence-electron chi connectivity index (χ4n) is 3.37. The van der Waals surface area contributed by atoms with Crippen LogP contribution in [0.15, 0.2) is 54.6 Å². The molecule has 0 radical (unpaired) electrons. The summed E-state index contributed by atoms with van der Waals surface area (Å²) in [6.45, 7) is 1.86. The van der Waals surface area contributed by atoms with Crippen molar-refractivity contribution in [1.29, 1.82) is 0 Å². The molecule has 0 aromatic heterocycles. The van der Waals surface area contributed by atoms with Crippen LogP contribution in [0.1, 0.15) is 54.9 Å². The molecule has 2 aromatic rings. The van der Waals surface area contributed by atoms with E-state index in [1.807, 2.05) is 42.5 Å². The van der Waals surface area contributed by atoms with Gasteiger partial charge < -0.3 is 14.8 Å². The van der Waals surface area contributed by atoms with Gasteiger partial charge in [0.1, 0.15) is 12.4 Å². The molecule has 5 nitrogen and oxygen atoms in total. The van der Waals surface area contributed by atoms with Crippen molar-refractivity contribution >= 4 is 11.9 Å². The SMILES string of the molecule is CC(OC(=O)c1ccccc1COc1ccccc1)C(=O)NC1CCCCC1. The number of hydrogen-bond donors (Lipinski definition) is 1. The molecule has 28 heavy (non-hydrogen) atoms. The lowest BCUT2D eigenvalue weighted by atomic mass is 9.95. The highest BCUT2D eigenvalue weighted by atomic mass is 16.5. The number of ether oxygens (including phenoxy) is 2. The maximum atomic E-state index is 12.6. The van der Waals surface area contributed by atoms with Gasteiger partial charge in [-0.15, -0.1) is 0 Å². The van der Waals surface area contributed by atoms with E-state index in [0.29, 0.717) is 5.56 Å². The molecule has 1 fully saturated rings. The summed E-state index contributed by atoms with van der Waals surface area (Å²) in [5, 5.41) is 3.00. The molecule has 0 bridgehead atoms. The third-order valence-electron chi connectivity index (χ3n) is 4.98. The maximum Gasteiger partial charge on any atom is 0.339 e. The third kappa shape index (κ3) is 5.59. The molecule has 1 aliphatic rings. The summed E-state index contributed by atoms with van der Waals surface area (Å²) < 4.78 is 11.2. The maximum absolute atomic E-state index is 12.6. The Morgan fingerprint density at radius 1 is 1.00 bits per heavy atom. The highest BCUT2D eigenvalue weighted by molar-refractivity contribution is 5.93. The smallest absolute Gasteiger partial charge is 0.339 e. The molecule has 1 saturated carbocycles. The van der Waals surface area contributed by atoms with E-state index in [0.717, 1.165) is 37.0 Å². The molecule has 1 atom stereocenters. The molecule has 0 aliphatic heterocycles. The second-order valence-corrected chi connectivity index (χ2v) is 7.15. The molecule has 0 saturated heterocycles. The second-order valence-electron chi connectivity index (χ2n) is 7.15. The van der Waals surface area contributed by atoms with E-state index in [1.54, 1.807) is 19.1 Å². The van der Waals surface area contributed by atoms with Crippen molar-refractivity contribution in [3.8, 4) is 5.75 Å². The summed E-state index contributed by atoms with van der Waals surface area (Å²) in [5.74, 6) is -0.0253. The van der Waals surface area contributed by atoms with Crippen LogP contribution in [0.5, 0.6) is 5.75 Å². The van der Waals surface area contributed by atoms with Crippen LogP contribution in [0, 0.1) is 0 Å². The third-order valence-corrected chi connectivity index (χ3v) is 4.98. The Bertz CT molecular complexity index is 784. The van der Waals surface area contributed by atoms with Crippen LogP contribution in [0.25, 0.3) is 0 Å². The fraction of sp³-hybridized carbons (Fsp3) is 0.391. The molecule has 1 amide bonds. The number of hydrogen-bond acceptors (Lipinski definition) is 4. The van der Waals surface area contributed by atoms with Crippen LogP contribution < -0.4 is 10.1 Å². The second kappa shape index (κ2) is 9.93. The molecule has 1 N–H and O–H groups in total. The Morgan fingerprint density at radius 2 is 1.68 bits per heavy atom. The van der Waals surface area contributed by atoms with E-state index < -0.39 is 12.1 Å². The van der Waals surface area contributed by atoms with E-state index >= 15 is 0 Å². The first-order valence-electron chi connectivity index (χ1n) is 9.90. The van der Waals surface area contributed by atoms with Crippen molar-refractivity contribution < 1.29 is 19.1 Å². The monoisotopic (exact) mass is 381 g/mol. The van der Waals surface area contributed by atoms with Gasteiger partial charge in [0.25, 0.3) is 5.91 Å². The predicted octanol–water partition coefficient (Wildman–Crippen LogP) is 4.26. The zero-order valence-electron chi connectivity index (χ0n) is 16.2. The van der Waals surface area contributed by atoms with Crippen LogP contribution in [0.3, 0.4) is 0 Å². The number of benzene rings is 2. The molecule has 2 aromatic carbocycles. The molecule has 5 heteroatoms. The zero-order valence-corrected chi connectivity index (χ0v) is 16.2. The van der Waals surface area contributed by atoms with E-state index in [9.17, 15) is 9.59 Å². The lowest BCUT2D eigenvalue weighted by Gasteiger charge is -2.24. The van der Waals surface area contributed by atoms with Gasteiger partial charge >= 0.3 is 5.97 Å². The number of rotatable bonds is 7. The van der Waals surface area contributed by atoms with E-state index in [-0.39, 0.29) is 18.6 Å². The summed E-state index contributed by atoms with van der Waals surface area (Å²) in [6.07, 6.45) is 4.64. The van der Waals surface area contributed by atoms with Gasteiger partial charge in [-0.1, -0.05) is 55.7 Å². The fourth-order valence-corrected chi connectivity index (χ4v) is 3.37. The van der Waals surface area contributed by atoms with Gasteiger partial charge in [0, 0.05) is 11.6 Å². The van der Waals surface area contributed by atoms with Gasteiger partial charge in [-0.3, -0.25) is 4.79 Å². The number of carbonyl (C=O) groups excluding carboxylic acids is 2. The normalized spacial score (nSPS) is 15.5. The van der Waals surface area contributed by atoms with Gasteiger partial charge in [-0.05, 0) is 38.0 Å². The van der Waals surface area contributed by atoms with Crippen LogP contribution >= 0.6 is 0 Å². The van der Waals surface area contributed by atoms with Crippen LogP contribution in [0.2, 0.25) is 0 Å². The van der Waals surface area contributed by atoms with E-state index in [4.69, 9.17) is 9.47 Å². The first-order valence-corrected chi connectivity index (χ1v) is 9.90. The van der Waals surface area contributed by atoms with Gasteiger partial charge in [-0.25, -0.2) is 4.79 Å². The lowest BCUT2D eigenvalue weighted by Crippen LogP contribution is -2.42. The Hall–Kier alpha value is -2.82. The van der Waals surface area contributed by atoms with Crippen LogP contribution in [-0.2, 0) is 16.1 Å². The van der Waals surface area contributed by atoms with E-state index in [2.05, 4.69) is 5.32 Å². The molecule has 1 aliphatic carbocycles. The minimum atomic E-state index is -0.836. The molecular weight excluding hydrogens is 354 g/mol. The quantitative estimate of drug-likeness (QED) is 0.728. The molecule has 0 heterocycles. The average molecular weight is 381 g/mol. The van der Waals surface area contributed by atoms with Crippen molar-refractivity contribution in [2.75, 3.05) is 0 Å². The van der Waals surface area contributed by atoms with Crippen LogP contribution in [0.4, 0.5) is 0 Å². The van der Waals surface area contributed by atoms with Crippen LogP contribution in [-0.4, -0.2) is 24.0 Å². The van der Waals surface area contributed by atoms with Crippen molar-refractivity contribution in [3.63, 3.8) is 0 Å². The Balaban J connectivity index is 1.58. The van der Waals surface area contributed by atoms with Crippen molar-refractivity contribution in [2.24, 2.45) is 0 Å². The van der Waals surface area contributed by atoms with Crippen molar-refractivity contribution in [2.45, 2.75) is 57.8 Å². The Kier molecular flexibility index (Phi) is 7.06. The first kappa shape index (κ1) is 19.9. The van der Waals surface area contributed by atoms with Gasteiger partial charge in [0.05, 0.1) is 5.56 Å². The largest absolute Gasteiger partial charge is 0.489 e. The van der Waals surface area contributed by atoms with Crippen molar-refractivity contribution in [3.05, 3.63) is 65.7 Å². The van der Waals surface area contributed by atoms with Gasteiger partial charge in [0.2, 0.25) is 0 Å². The summed E-state index contributed by atoms with van der Waals surface area (Å²) in [4.78, 5) is 25.0. The Labute approximate surface area is 166 Å². The minimum Gasteiger partial charge on any atom is -0.489 e. The first-order chi connectivity index (χ1) is 13.6. The summed E-state index contributed by atoms with van der Waals surface area (Å²) in [7, 11) is 0. The highest BCUT2D eigenvalue weighted by Crippen LogP contribution is 2.18. The number of nitrogens with one attached hydrogen (secondary N) is 1. The Morgan fingerprint density at radius 3 is 2.43 bits per heavy atom. The summed E-state index contributed by atoms with van der Waals surface area (Å²) in [5.41, 5.74) is 1.13. The zero-order chi connectivity index (χ0) is 19.8. The van der Waals surface area contributed by atoms with E-state index in [1.165, 1.54) is 6.42 Å². The summed E-state index contributed by atoms with van der Waals surface area (Å²) >= 11 is 0. The van der Waals surface area contributed by atoms with Crippen molar-refractivity contribution in [1.82, 2.24) is 5.32 Å². The summed E-state index contributed by atoms with van der Waals surface area (Å²) in [6, 6.07) is 16.7. The van der Waals surface area contributed by atoms with Gasteiger partial charge in [-0.2, -0.15) is 0 Å². The minimum absolute atomic E-state index is 0.189. The number of amides is 1. The highest BCUT2D eigenvalue weighted by Gasteiger charge is 2.23. The number of para-hydroxylation sites is 1. The average Bonchev–Trinajstić information content (AvgIpc) is 2.74. The molecule has 148 valence electrons. The van der Waals surface area contributed by atoms with Gasteiger partial charge in [0.15, 0.2) is 6.10 Å². The molecular formula is C23H27NO4. The number of esters is 1. The molecule has 3 rings (SSSR count).